The summed E-state index contributed by atoms with van der Waals surface area (Å²) >= 11 is 0. The highest BCUT2D eigenvalue weighted by Crippen LogP contribution is 2.49. The van der Waals surface area contributed by atoms with Crippen LogP contribution in [0, 0.1) is 22.7 Å². The van der Waals surface area contributed by atoms with Crippen LogP contribution in [-0.2, 0) is 52.0 Å². The second-order valence-electron chi connectivity index (χ2n) is 21.4. The van der Waals surface area contributed by atoms with Crippen molar-refractivity contribution >= 4 is 38.9 Å². The van der Waals surface area contributed by atoms with Crippen molar-refractivity contribution in [3.63, 3.8) is 0 Å². The van der Waals surface area contributed by atoms with E-state index in [1.807, 2.05) is 0 Å². The summed E-state index contributed by atoms with van der Waals surface area (Å²) in [7, 11) is -0.0861. The number of rotatable bonds is 11. The summed E-state index contributed by atoms with van der Waals surface area (Å²) in [6, 6.07) is 0. The molecule has 360 valence electrons. The minimum atomic E-state index is -1.06. The van der Waals surface area contributed by atoms with Crippen molar-refractivity contribution in [1.29, 1.82) is 0 Å². The van der Waals surface area contributed by atoms with E-state index in [1.165, 1.54) is 57.8 Å². The van der Waals surface area contributed by atoms with Crippen LogP contribution >= 0.6 is 0 Å². The first-order valence-corrected chi connectivity index (χ1v) is 22.6. The van der Waals surface area contributed by atoms with Gasteiger partial charge in [0.25, 0.3) is 0 Å². The Hall–Kier alpha value is -3.22. The molecule has 63 heavy (non-hydrogen) atoms. The number of nitrogens with zero attached hydrogens (tertiary/aromatic N) is 3. The first kappa shape index (κ1) is 59.8. The van der Waals surface area contributed by atoms with Gasteiger partial charge in [-0.15, -0.1) is 0 Å². The predicted octanol–water partition coefficient (Wildman–Crippen LogP) is 11.8. The summed E-state index contributed by atoms with van der Waals surface area (Å²) in [4.78, 5) is 57.5. The fraction of sp³-hybridized carbons (Fsp3) is 0.911. The van der Waals surface area contributed by atoms with Gasteiger partial charge < -0.3 is 32.8 Å². The quantitative estimate of drug-likeness (QED) is 0.0471. The van der Waals surface area contributed by atoms with Crippen molar-refractivity contribution in [3.05, 3.63) is 10.4 Å². The fourth-order valence-electron chi connectivity index (χ4n) is 8.32. The van der Waals surface area contributed by atoms with Crippen molar-refractivity contribution in [2.75, 3.05) is 6.54 Å². The molecule has 0 aromatic carbocycles. The second kappa shape index (κ2) is 25.5. The van der Waals surface area contributed by atoms with Gasteiger partial charge in [0.2, 0.25) is 0 Å². The number of azide groups is 1. The number of ether oxygens (including phenoxy) is 3. The van der Waals surface area contributed by atoms with Gasteiger partial charge in [0.05, 0.1) is 22.4 Å². The minimum absolute atomic E-state index is 0.00162. The topological polar surface area (TPSA) is 216 Å². The van der Waals surface area contributed by atoms with E-state index in [4.69, 9.17) is 52.8 Å². The molecule has 2 saturated heterocycles. The van der Waals surface area contributed by atoms with Gasteiger partial charge in [-0.3, -0.25) is 0 Å². The van der Waals surface area contributed by atoms with E-state index in [-0.39, 0.29) is 54.4 Å². The molecule has 0 radical (unpaired) electrons. The maximum Gasteiger partial charge on any atom is 0.519 e. The maximum atomic E-state index is 11.0. The molecule has 2 aliphatic heterocycles. The average Bonchev–Trinajstić information content (AvgIpc) is 3.85. The van der Waals surface area contributed by atoms with Crippen LogP contribution in [0.3, 0.4) is 0 Å². The highest BCUT2D eigenvalue weighted by molar-refractivity contribution is 6.45. The van der Waals surface area contributed by atoms with Crippen LogP contribution in [0.1, 0.15) is 188 Å². The summed E-state index contributed by atoms with van der Waals surface area (Å²) in [6.45, 7) is 34.6. The monoisotopic (exact) mass is 894 g/mol. The number of carbonyl (C=O) groups is 2. The molecule has 0 aromatic rings. The summed E-state index contributed by atoms with van der Waals surface area (Å²) in [5, 5.41) is 3.84. The lowest BCUT2D eigenvalue weighted by Gasteiger charge is -2.32. The molecule has 0 N–H and O–H groups in total. The number of hydrogen-bond acceptors (Lipinski definition) is 14. The molecule has 4 fully saturated rings. The van der Waals surface area contributed by atoms with Crippen LogP contribution < -0.4 is 0 Å². The van der Waals surface area contributed by atoms with Crippen molar-refractivity contribution in [2.24, 2.45) is 27.8 Å². The van der Waals surface area contributed by atoms with Gasteiger partial charge in [0.1, 0.15) is 11.2 Å². The molecular formula is C45H81B2N3O13. The summed E-state index contributed by atoms with van der Waals surface area (Å²) in [5.74, 6) is 1.58. The molecule has 2 aliphatic carbocycles. The third kappa shape index (κ3) is 21.1. The Bertz CT molecular complexity index is 1470. The third-order valence-electron chi connectivity index (χ3n) is 13.5. The molecule has 0 spiro atoms. The van der Waals surface area contributed by atoms with Crippen molar-refractivity contribution < 1.29 is 61.6 Å². The molecule has 3 unspecified atom stereocenters. The first-order chi connectivity index (χ1) is 28.8. The lowest BCUT2D eigenvalue weighted by molar-refractivity contribution is -0.193. The highest BCUT2D eigenvalue weighted by Gasteiger charge is 2.52. The van der Waals surface area contributed by atoms with E-state index in [0.717, 1.165) is 31.4 Å². The fourth-order valence-corrected chi connectivity index (χ4v) is 8.32. The van der Waals surface area contributed by atoms with Crippen molar-refractivity contribution in [3.8, 4) is 0 Å². The van der Waals surface area contributed by atoms with E-state index in [0.29, 0.717) is 17.9 Å². The molecule has 4 rings (SSSR count). The second-order valence-corrected chi connectivity index (χ2v) is 21.4. The Morgan fingerprint density at radius 2 is 0.937 bits per heavy atom. The Kier molecular flexibility index (Phi) is 24.2. The molecular weight excluding hydrogens is 812 g/mol. The van der Waals surface area contributed by atoms with E-state index < -0.39 is 23.5 Å². The van der Waals surface area contributed by atoms with Gasteiger partial charge in [0.15, 0.2) is 0 Å². The van der Waals surface area contributed by atoms with E-state index in [1.54, 1.807) is 41.5 Å². The Morgan fingerprint density at radius 1 is 0.635 bits per heavy atom. The van der Waals surface area contributed by atoms with E-state index in [2.05, 4.69) is 90.9 Å². The van der Waals surface area contributed by atoms with Crippen LogP contribution in [0.2, 0.25) is 12.6 Å². The zero-order valence-corrected chi connectivity index (χ0v) is 41.9. The molecule has 18 heteroatoms. The lowest BCUT2D eigenvalue weighted by atomic mass is 9.76. The number of carbonyl (C=O) groups excluding carboxylic acids is 6. The van der Waals surface area contributed by atoms with Crippen LogP contribution in [0.4, 0.5) is 9.59 Å². The van der Waals surface area contributed by atoms with Crippen LogP contribution in [-0.4, -0.2) is 79.0 Å². The smallest absolute Gasteiger partial charge is 0.428 e. The summed E-state index contributed by atoms with van der Waals surface area (Å²) in [6.07, 6.45) is 14.4. The largest absolute Gasteiger partial charge is 0.519 e. The van der Waals surface area contributed by atoms with Gasteiger partial charge in [0, 0.05) is 11.5 Å². The Morgan fingerprint density at radius 3 is 1.21 bits per heavy atom. The van der Waals surface area contributed by atoms with Crippen molar-refractivity contribution in [2.45, 2.75) is 235 Å². The van der Waals surface area contributed by atoms with Crippen LogP contribution in [0.15, 0.2) is 5.11 Å². The van der Waals surface area contributed by atoms with Gasteiger partial charge in [-0.2, -0.15) is 19.2 Å². The Labute approximate surface area is 378 Å². The molecule has 2 saturated carbocycles. The zero-order chi connectivity index (χ0) is 49.1. The normalized spacial score (nSPS) is 24.4. The third-order valence-corrected chi connectivity index (χ3v) is 13.5. The van der Waals surface area contributed by atoms with Crippen molar-refractivity contribution in [1.82, 2.24) is 0 Å². The summed E-state index contributed by atoms with van der Waals surface area (Å²) < 4.78 is 38.2. The standard InChI is InChI=1S/C17H33BO2.C16H30BN3O2.C10H18O5.2CO2/c1-7-17(8-2)11-9-14(13-17)10-12-18-19-15(3,4)16(5,6)20-18;1-6-16(12-19-20-18)9-7-13(11-16)8-10-17-21-14(2,3)15(4,5)22-17;1-9(2,3)14-7(11)13-8(12)15-10(4,5)6;2*2-1-3/h14H,7-13H2,1-6H3;13H,6-12H2,1-5H3;1-6H3;;. The molecule has 0 aromatic heterocycles. The maximum absolute atomic E-state index is 11.0. The number of hydrogen-bond donors (Lipinski definition) is 0. The molecule has 16 nitrogen and oxygen atoms in total. The van der Waals surface area contributed by atoms with Gasteiger partial charge in [-0.1, -0.05) is 58.0 Å². The lowest BCUT2D eigenvalue weighted by Crippen LogP contribution is -2.41. The van der Waals surface area contributed by atoms with Gasteiger partial charge in [-0.05, 0) is 176 Å². The van der Waals surface area contributed by atoms with E-state index >= 15 is 0 Å². The first-order valence-electron chi connectivity index (χ1n) is 22.6. The molecule has 0 amide bonds. The molecule has 3 atom stereocenters. The van der Waals surface area contributed by atoms with Gasteiger partial charge in [-0.25, -0.2) is 9.59 Å². The predicted molar refractivity (Wildman–Crippen MR) is 239 cm³/mol. The molecule has 0 bridgehead atoms. The highest BCUT2D eigenvalue weighted by atomic mass is 16.8. The zero-order valence-electron chi connectivity index (χ0n) is 41.9. The van der Waals surface area contributed by atoms with Gasteiger partial charge >= 0.3 is 38.9 Å². The van der Waals surface area contributed by atoms with Crippen LogP contribution in [0.25, 0.3) is 10.4 Å². The molecule has 2 heterocycles. The SMILES string of the molecule is CC(C)(C)OC(=O)OC(=O)OC(C)(C)C.CCC1(CC)CCC(CCB2OC(C)(C)C(C)(C)O2)C1.CCC1(CN=[N+]=[N-])CCC(CCB2OC(C)(C)C(C)(C)O2)C1.O=C=O.O=C=O. The average molecular weight is 894 g/mol. The molecule has 4 aliphatic rings. The van der Waals surface area contributed by atoms with Crippen LogP contribution in [0.5, 0.6) is 0 Å². The Balaban J connectivity index is 0.000000873. The van der Waals surface area contributed by atoms with E-state index in [9.17, 15) is 9.59 Å². The minimum Gasteiger partial charge on any atom is -0.428 e. The summed E-state index contributed by atoms with van der Waals surface area (Å²) in [5.41, 5.74) is 7.23.